The average molecular weight is 564 g/mol. The Kier molecular flexibility index (Phi) is 10.5. The first-order chi connectivity index (χ1) is 15.7. The van der Waals surface area contributed by atoms with Gasteiger partial charge in [-0.1, -0.05) is 61.5 Å². The van der Waals surface area contributed by atoms with Crippen LogP contribution >= 0.6 is 24.0 Å². The number of likely N-dealkylation sites (tertiary alicyclic amines) is 1. The Morgan fingerprint density at radius 1 is 1.06 bits per heavy atom. The minimum absolute atomic E-state index is 0. The molecule has 33 heavy (non-hydrogen) atoms. The molecule has 6 heteroatoms. The Hall–Kier alpha value is -1.64. The second kappa shape index (κ2) is 13.3. The van der Waals surface area contributed by atoms with E-state index in [2.05, 4.69) is 76.7 Å². The SMILES string of the molecule is CN=C(NCc1cccc(COC2CCOCC2)c1)N1CCC(c2ccccc2)C(C)C1.I. The molecule has 0 spiro atoms. The number of halogens is 1. The summed E-state index contributed by atoms with van der Waals surface area (Å²) in [5.41, 5.74) is 3.94. The Bertz CT molecular complexity index is 871. The normalized spacial score (nSPS) is 22.0. The van der Waals surface area contributed by atoms with E-state index in [-0.39, 0.29) is 24.0 Å². The number of nitrogens with one attached hydrogen (secondary N) is 1. The number of guanidine groups is 1. The molecule has 2 aromatic carbocycles. The first-order valence-corrected chi connectivity index (χ1v) is 12.0. The molecular weight excluding hydrogens is 525 g/mol. The molecule has 4 rings (SSSR count). The molecule has 0 aliphatic carbocycles. The lowest BCUT2D eigenvalue weighted by Gasteiger charge is -2.39. The van der Waals surface area contributed by atoms with Crippen molar-refractivity contribution >= 4 is 29.9 Å². The Labute approximate surface area is 216 Å². The summed E-state index contributed by atoms with van der Waals surface area (Å²) >= 11 is 0. The van der Waals surface area contributed by atoms with Crippen LogP contribution in [-0.2, 0) is 22.6 Å². The van der Waals surface area contributed by atoms with Crippen LogP contribution < -0.4 is 5.32 Å². The molecule has 0 bridgehead atoms. The molecule has 180 valence electrons. The van der Waals surface area contributed by atoms with Crippen LogP contribution in [0.15, 0.2) is 59.6 Å². The van der Waals surface area contributed by atoms with Gasteiger partial charge < -0.3 is 19.7 Å². The fourth-order valence-corrected chi connectivity index (χ4v) is 4.93. The highest BCUT2D eigenvalue weighted by atomic mass is 127. The molecule has 1 N–H and O–H groups in total. The van der Waals surface area contributed by atoms with Gasteiger partial charge in [0.1, 0.15) is 0 Å². The number of piperidine rings is 1. The van der Waals surface area contributed by atoms with Crippen molar-refractivity contribution in [2.45, 2.75) is 51.4 Å². The second-order valence-corrected chi connectivity index (χ2v) is 9.07. The van der Waals surface area contributed by atoms with Crippen LogP contribution in [0, 0.1) is 5.92 Å². The fraction of sp³-hybridized carbons (Fsp3) is 0.519. The van der Waals surface area contributed by atoms with Crippen molar-refractivity contribution in [1.82, 2.24) is 10.2 Å². The number of hydrogen-bond donors (Lipinski definition) is 1. The maximum absolute atomic E-state index is 6.09. The lowest BCUT2D eigenvalue weighted by molar-refractivity contribution is -0.0390. The Balaban J connectivity index is 0.00000306. The minimum atomic E-state index is 0. The van der Waals surface area contributed by atoms with Crippen molar-refractivity contribution in [2.24, 2.45) is 10.9 Å². The fourth-order valence-electron chi connectivity index (χ4n) is 4.93. The predicted molar refractivity (Wildman–Crippen MR) is 145 cm³/mol. The number of nitrogens with zero attached hydrogens (tertiary/aromatic N) is 2. The van der Waals surface area contributed by atoms with Gasteiger partial charge in [0, 0.05) is 39.9 Å². The van der Waals surface area contributed by atoms with Crippen LogP contribution in [0.3, 0.4) is 0 Å². The summed E-state index contributed by atoms with van der Waals surface area (Å²) in [7, 11) is 1.88. The van der Waals surface area contributed by atoms with Gasteiger partial charge in [-0.05, 0) is 47.8 Å². The monoisotopic (exact) mass is 563 g/mol. The quantitative estimate of drug-likeness (QED) is 0.298. The van der Waals surface area contributed by atoms with E-state index >= 15 is 0 Å². The zero-order chi connectivity index (χ0) is 22.2. The number of rotatable bonds is 6. The van der Waals surface area contributed by atoms with Gasteiger partial charge in [0.05, 0.1) is 12.7 Å². The third-order valence-corrected chi connectivity index (χ3v) is 6.74. The molecule has 0 aromatic heterocycles. The zero-order valence-electron chi connectivity index (χ0n) is 19.9. The summed E-state index contributed by atoms with van der Waals surface area (Å²) in [5, 5.41) is 3.58. The maximum Gasteiger partial charge on any atom is 0.193 e. The van der Waals surface area contributed by atoms with Crippen LogP contribution in [0.5, 0.6) is 0 Å². The molecule has 2 unspecified atom stereocenters. The van der Waals surface area contributed by atoms with Crippen LogP contribution in [0.1, 0.15) is 48.8 Å². The summed E-state index contributed by atoms with van der Waals surface area (Å²) < 4.78 is 11.5. The molecule has 2 heterocycles. The highest BCUT2D eigenvalue weighted by Crippen LogP contribution is 2.32. The largest absolute Gasteiger partial charge is 0.381 e. The molecule has 5 nitrogen and oxygen atoms in total. The molecule has 0 radical (unpaired) electrons. The summed E-state index contributed by atoms with van der Waals surface area (Å²) in [5.74, 6) is 2.21. The lowest BCUT2D eigenvalue weighted by Crippen LogP contribution is -2.47. The van der Waals surface area contributed by atoms with E-state index in [1.165, 1.54) is 16.7 Å². The standard InChI is InChI=1S/C27H37N3O2.HI/c1-21-19-30(14-11-26(21)24-9-4-3-5-10-24)27(28-2)29-18-22-7-6-8-23(17-22)20-32-25-12-15-31-16-13-25;/h3-10,17,21,25-26H,11-16,18-20H2,1-2H3,(H,28,29);1H. The first kappa shape index (κ1) is 26.0. The molecule has 2 aliphatic rings. The number of hydrogen-bond acceptors (Lipinski definition) is 3. The van der Waals surface area contributed by atoms with Crippen molar-refractivity contribution in [2.75, 3.05) is 33.4 Å². The van der Waals surface area contributed by atoms with Crippen LogP contribution in [0.4, 0.5) is 0 Å². The van der Waals surface area contributed by atoms with Gasteiger partial charge in [0.15, 0.2) is 5.96 Å². The van der Waals surface area contributed by atoms with Crippen molar-refractivity contribution in [3.05, 3.63) is 71.3 Å². The third kappa shape index (κ3) is 7.42. The van der Waals surface area contributed by atoms with Crippen LogP contribution in [0.2, 0.25) is 0 Å². The van der Waals surface area contributed by atoms with E-state index in [9.17, 15) is 0 Å². The number of benzene rings is 2. The van der Waals surface area contributed by atoms with E-state index in [1.54, 1.807) is 0 Å². The van der Waals surface area contributed by atoms with Crippen LogP contribution in [0.25, 0.3) is 0 Å². The Morgan fingerprint density at radius 3 is 2.55 bits per heavy atom. The predicted octanol–water partition coefficient (Wildman–Crippen LogP) is 5.20. The smallest absolute Gasteiger partial charge is 0.193 e. The maximum atomic E-state index is 6.09. The Morgan fingerprint density at radius 2 is 1.82 bits per heavy atom. The molecule has 2 saturated heterocycles. The van der Waals surface area contributed by atoms with Gasteiger partial charge >= 0.3 is 0 Å². The molecule has 0 saturated carbocycles. The molecule has 0 amide bonds. The highest BCUT2D eigenvalue weighted by molar-refractivity contribution is 14.0. The molecule has 2 aliphatic heterocycles. The molecule has 2 aromatic rings. The number of ether oxygens (including phenoxy) is 2. The van der Waals surface area contributed by atoms with Gasteiger partial charge in [-0.3, -0.25) is 4.99 Å². The van der Waals surface area contributed by atoms with E-state index in [4.69, 9.17) is 9.47 Å². The van der Waals surface area contributed by atoms with E-state index < -0.39 is 0 Å². The van der Waals surface area contributed by atoms with Gasteiger partial charge in [0.25, 0.3) is 0 Å². The summed E-state index contributed by atoms with van der Waals surface area (Å²) in [6.45, 7) is 7.48. The van der Waals surface area contributed by atoms with Crippen molar-refractivity contribution in [1.29, 1.82) is 0 Å². The third-order valence-electron chi connectivity index (χ3n) is 6.74. The highest BCUT2D eigenvalue weighted by Gasteiger charge is 2.28. The van der Waals surface area contributed by atoms with Crippen molar-refractivity contribution in [3.63, 3.8) is 0 Å². The van der Waals surface area contributed by atoms with E-state index in [0.717, 1.165) is 58.1 Å². The van der Waals surface area contributed by atoms with Crippen LogP contribution in [-0.4, -0.2) is 50.3 Å². The van der Waals surface area contributed by atoms with Gasteiger partial charge in [0.2, 0.25) is 0 Å². The van der Waals surface area contributed by atoms with Crippen molar-refractivity contribution in [3.8, 4) is 0 Å². The minimum Gasteiger partial charge on any atom is -0.381 e. The average Bonchev–Trinajstić information content (AvgIpc) is 2.85. The second-order valence-electron chi connectivity index (χ2n) is 9.07. The van der Waals surface area contributed by atoms with E-state index in [1.807, 2.05) is 7.05 Å². The molecule has 2 atom stereocenters. The number of aliphatic imine (C=N–C) groups is 1. The summed E-state index contributed by atoms with van der Waals surface area (Å²) in [6.07, 6.45) is 3.48. The zero-order valence-corrected chi connectivity index (χ0v) is 22.2. The topological polar surface area (TPSA) is 46.1 Å². The first-order valence-electron chi connectivity index (χ1n) is 12.0. The van der Waals surface area contributed by atoms with Crippen molar-refractivity contribution < 1.29 is 9.47 Å². The summed E-state index contributed by atoms with van der Waals surface area (Å²) in [4.78, 5) is 6.98. The molecule has 2 fully saturated rings. The van der Waals surface area contributed by atoms with E-state index in [0.29, 0.717) is 24.5 Å². The van der Waals surface area contributed by atoms with Gasteiger partial charge in [-0.2, -0.15) is 0 Å². The lowest BCUT2D eigenvalue weighted by atomic mass is 9.82. The summed E-state index contributed by atoms with van der Waals surface area (Å²) in [6, 6.07) is 19.6. The molecular formula is C27H38IN3O2. The van der Waals surface area contributed by atoms with Gasteiger partial charge in [-0.15, -0.1) is 24.0 Å². The van der Waals surface area contributed by atoms with Gasteiger partial charge in [-0.25, -0.2) is 0 Å².